The van der Waals surface area contributed by atoms with Crippen LogP contribution in [0, 0.1) is 0 Å². The lowest BCUT2D eigenvalue weighted by Gasteiger charge is -2.19. The number of nitrogens with one attached hydrogen (secondary N) is 2. The molecule has 6 aromatic rings. The average Bonchev–Trinajstić information content (AvgIpc) is 3.25. The first-order valence-electron chi connectivity index (χ1n) is 18.8. The van der Waals surface area contributed by atoms with Gasteiger partial charge in [0.1, 0.15) is 32.5 Å². The smallest absolute Gasteiger partial charge is 0.255 e. The molecule has 3 amide bonds. The number of carbonyl (C=O) groups is 3. The van der Waals surface area contributed by atoms with E-state index in [-0.39, 0.29) is 50.0 Å². The first-order chi connectivity index (χ1) is 27.9. The van der Waals surface area contributed by atoms with Gasteiger partial charge < -0.3 is 35.3 Å². The van der Waals surface area contributed by atoms with Crippen molar-refractivity contribution in [3.8, 4) is 23.0 Å². The number of hydrogen-bond acceptors (Lipinski definition) is 7. The lowest BCUT2D eigenvalue weighted by molar-refractivity contribution is -0.120. The summed E-state index contributed by atoms with van der Waals surface area (Å²) in [7, 11) is 0. The van der Waals surface area contributed by atoms with E-state index >= 15 is 0 Å². The van der Waals surface area contributed by atoms with Crippen molar-refractivity contribution >= 4 is 17.7 Å². The first-order valence-corrected chi connectivity index (χ1v) is 18.8. The van der Waals surface area contributed by atoms with Crippen LogP contribution in [0.2, 0.25) is 0 Å². The molecule has 0 aromatic heterocycles. The fourth-order valence-corrected chi connectivity index (χ4v) is 5.97. The van der Waals surface area contributed by atoms with Crippen molar-refractivity contribution in [3.63, 3.8) is 0 Å². The van der Waals surface area contributed by atoms with Crippen molar-refractivity contribution in [1.29, 1.82) is 0 Å². The van der Waals surface area contributed by atoms with Crippen molar-refractivity contribution in [2.24, 2.45) is 5.73 Å². The minimum absolute atomic E-state index is 0.170. The lowest BCUT2D eigenvalue weighted by atomic mass is 10.1. The van der Waals surface area contributed by atoms with E-state index < -0.39 is 17.9 Å². The second kappa shape index (κ2) is 20.6. The van der Waals surface area contributed by atoms with Gasteiger partial charge in [0.2, 0.25) is 5.91 Å². The van der Waals surface area contributed by atoms with Crippen molar-refractivity contribution < 1.29 is 33.3 Å². The van der Waals surface area contributed by atoms with Crippen LogP contribution in [-0.2, 0) is 31.2 Å². The number of primary amides is 1. The SMILES string of the molecule is NC(=O)C(CCCNC(=O)c1cccc(OCc2ccccc2)c1OCc1ccccc1)NC(=O)c1cccc(OCc2ccccc2)c1OCc1ccccc1. The second-order valence-electron chi connectivity index (χ2n) is 13.2. The molecule has 10 nitrogen and oxygen atoms in total. The number of benzene rings is 6. The molecule has 0 spiro atoms. The Kier molecular flexibility index (Phi) is 14.3. The van der Waals surface area contributed by atoms with Crippen LogP contribution in [0.15, 0.2) is 158 Å². The average molecular weight is 764 g/mol. The van der Waals surface area contributed by atoms with Crippen molar-refractivity contribution in [3.05, 3.63) is 191 Å². The molecule has 6 rings (SSSR count). The topological polar surface area (TPSA) is 138 Å². The highest BCUT2D eigenvalue weighted by molar-refractivity contribution is 6.00. The summed E-state index contributed by atoms with van der Waals surface area (Å²) < 4.78 is 24.7. The van der Waals surface area contributed by atoms with E-state index in [0.29, 0.717) is 35.8 Å². The van der Waals surface area contributed by atoms with E-state index in [2.05, 4.69) is 10.6 Å². The van der Waals surface area contributed by atoms with Crippen LogP contribution in [0.5, 0.6) is 23.0 Å². The van der Waals surface area contributed by atoms with Gasteiger partial charge in [0.25, 0.3) is 11.8 Å². The molecular formula is C47H45N3O7. The van der Waals surface area contributed by atoms with E-state index in [1.165, 1.54) is 0 Å². The maximum Gasteiger partial charge on any atom is 0.255 e. The fraction of sp³-hybridized carbons (Fsp3) is 0.170. The molecule has 0 aliphatic heterocycles. The second-order valence-corrected chi connectivity index (χ2v) is 13.2. The zero-order valence-electron chi connectivity index (χ0n) is 31.5. The predicted octanol–water partition coefficient (Wildman–Crippen LogP) is 7.80. The first kappa shape index (κ1) is 39.6. The number of hydrogen-bond donors (Lipinski definition) is 3. The van der Waals surface area contributed by atoms with Gasteiger partial charge in [-0.25, -0.2) is 0 Å². The third kappa shape index (κ3) is 11.7. The molecule has 0 heterocycles. The maximum atomic E-state index is 13.8. The van der Waals surface area contributed by atoms with Gasteiger partial charge in [0.15, 0.2) is 23.0 Å². The zero-order valence-corrected chi connectivity index (χ0v) is 31.5. The van der Waals surface area contributed by atoms with Gasteiger partial charge in [-0.2, -0.15) is 0 Å². The summed E-state index contributed by atoms with van der Waals surface area (Å²) in [5.74, 6) is -0.275. The van der Waals surface area contributed by atoms with Gasteiger partial charge in [-0.05, 0) is 59.4 Å². The molecule has 57 heavy (non-hydrogen) atoms. The Bertz CT molecular complexity index is 2200. The van der Waals surface area contributed by atoms with E-state index in [4.69, 9.17) is 24.7 Å². The Hall–Kier alpha value is -7.07. The van der Waals surface area contributed by atoms with Gasteiger partial charge in [0.05, 0.1) is 11.1 Å². The highest BCUT2D eigenvalue weighted by Gasteiger charge is 2.24. The Morgan fingerprint density at radius 3 is 1.26 bits per heavy atom. The van der Waals surface area contributed by atoms with Crippen molar-refractivity contribution in [1.82, 2.24) is 10.6 Å². The monoisotopic (exact) mass is 763 g/mol. The predicted molar refractivity (Wildman–Crippen MR) is 218 cm³/mol. The van der Waals surface area contributed by atoms with E-state index in [0.717, 1.165) is 22.3 Å². The van der Waals surface area contributed by atoms with Crippen LogP contribution in [0.1, 0.15) is 55.8 Å². The van der Waals surface area contributed by atoms with Crippen molar-refractivity contribution in [2.75, 3.05) is 6.54 Å². The summed E-state index contributed by atoms with van der Waals surface area (Å²) in [6.45, 7) is 1.16. The van der Waals surface area contributed by atoms with Gasteiger partial charge in [0, 0.05) is 6.54 Å². The standard InChI is InChI=1S/C47H45N3O7/c48-45(51)40(50-47(53)39-25-14-28-42(55-31-35-18-7-2-8-19-35)44(39)57-33-37-22-11-4-12-23-37)26-15-29-49-46(52)38-24-13-27-41(54-30-34-16-5-1-6-17-34)43(38)56-32-36-20-9-3-10-21-36/h1-14,16-25,27-28,40H,15,26,29-33H2,(H2,48,51)(H,49,52)(H,50,53). The number of rotatable bonds is 20. The summed E-state index contributed by atoms with van der Waals surface area (Å²) in [6.07, 6.45) is 0.505. The van der Waals surface area contributed by atoms with E-state index in [1.54, 1.807) is 36.4 Å². The Morgan fingerprint density at radius 1 is 0.474 bits per heavy atom. The molecular weight excluding hydrogens is 719 g/mol. The maximum absolute atomic E-state index is 13.8. The normalized spacial score (nSPS) is 11.2. The number of ether oxygens (including phenoxy) is 4. The highest BCUT2D eigenvalue weighted by Crippen LogP contribution is 2.34. The summed E-state index contributed by atoms with van der Waals surface area (Å²) >= 11 is 0. The van der Waals surface area contributed by atoms with E-state index in [9.17, 15) is 14.4 Å². The number of amides is 3. The summed E-state index contributed by atoms with van der Waals surface area (Å²) in [6, 6.07) is 47.8. The minimum atomic E-state index is -1.02. The molecule has 10 heteroatoms. The Morgan fingerprint density at radius 2 is 0.860 bits per heavy atom. The fourth-order valence-electron chi connectivity index (χ4n) is 5.97. The molecule has 4 N–H and O–H groups in total. The van der Waals surface area contributed by atoms with Gasteiger partial charge in [-0.15, -0.1) is 0 Å². The summed E-state index contributed by atoms with van der Waals surface area (Å²) in [5.41, 5.74) is 10.0. The molecule has 0 aliphatic carbocycles. The number of nitrogens with two attached hydrogens (primary N) is 1. The molecule has 0 radical (unpaired) electrons. The van der Waals surface area contributed by atoms with Crippen LogP contribution in [0.4, 0.5) is 0 Å². The van der Waals surface area contributed by atoms with Crippen molar-refractivity contribution in [2.45, 2.75) is 45.3 Å². The number of carbonyl (C=O) groups excluding carboxylic acids is 3. The largest absolute Gasteiger partial charge is 0.485 e. The molecule has 0 saturated carbocycles. The molecule has 0 bridgehead atoms. The van der Waals surface area contributed by atoms with Crippen LogP contribution in [0.3, 0.4) is 0 Å². The summed E-state index contributed by atoms with van der Waals surface area (Å²) in [4.78, 5) is 40.0. The molecule has 1 atom stereocenters. The molecule has 1 unspecified atom stereocenters. The molecule has 0 aliphatic rings. The summed E-state index contributed by atoms with van der Waals surface area (Å²) in [5, 5.41) is 5.69. The van der Waals surface area contributed by atoms with Gasteiger partial charge >= 0.3 is 0 Å². The molecule has 6 aromatic carbocycles. The van der Waals surface area contributed by atoms with Gasteiger partial charge in [-0.1, -0.05) is 133 Å². The number of para-hydroxylation sites is 2. The van der Waals surface area contributed by atoms with Gasteiger partial charge in [-0.3, -0.25) is 14.4 Å². The third-order valence-corrected chi connectivity index (χ3v) is 8.98. The van der Waals surface area contributed by atoms with E-state index in [1.807, 2.05) is 121 Å². The highest BCUT2D eigenvalue weighted by atomic mass is 16.5. The molecule has 0 saturated heterocycles. The minimum Gasteiger partial charge on any atom is -0.485 e. The van der Waals surface area contributed by atoms with Crippen LogP contribution < -0.4 is 35.3 Å². The molecule has 0 fully saturated rings. The lowest BCUT2D eigenvalue weighted by Crippen LogP contribution is -2.45. The van der Waals surface area contributed by atoms with Crippen LogP contribution in [-0.4, -0.2) is 30.3 Å². The Balaban J connectivity index is 1.10. The van der Waals surface area contributed by atoms with Crippen LogP contribution in [0.25, 0.3) is 0 Å². The molecule has 290 valence electrons. The Labute approximate surface area is 332 Å². The zero-order chi connectivity index (χ0) is 39.7. The van der Waals surface area contributed by atoms with Crippen LogP contribution >= 0.6 is 0 Å². The quantitative estimate of drug-likeness (QED) is 0.0675. The third-order valence-electron chi connectivity index (χ3n) is 8.98.